The fraction of sp³-hybridized carbons (Fsp3) is 0.364. The van der Waals surface area contributed by atoms with Gasteiger partial charge >= 0.3 is 5.69 Å². The van der Waals surface area contributed by atoms with Crippen molar-refractivity contribution in [3.05, 3.63) is 33.9 Å². The van der Waals surface area contributed by atoms with Gasteiger partial charge in [-0.05, 0) is 18.7 Å². The number of nitrogens with one attached hydrogen (secondary N) is 2. The first-order valence-corrected chi connectivity index (χ1v) is 5.33. The number of hydrogen-bond acceptors (Lipinski definition) is 5. The molecule has 18 heavy (non-hydrogen) atoms. The van der Waals surface area contributed by atoms with Crippen molar-refractivity contribution in [3.63, 3.8) is 0 Å². The Morgan fingerprint density at radius 3 is 2.72 bits per heavy atom. The number of nitro groups is 1. The molecule has 1 aromatic carbocycles. The van der Waals surface area contributed by atoms with E-state index >= 15 is 0 Å². The number of nitrogens with zero attached hydrogens (tertiary/aromatic N) is 1. The smallest absolute Gasteiger partial charge is 0.310 e. The summed E-state index contributed by atoms with van der Waals surface area (Å²) in [5.74, 6) is -0.250. The van der Waals surface area contributed by atoms with Gasteiger partial charge in [0.2, 0.25) is 0 Å². The molecule has 0 aliphatic heterocycles. The van der Waals surface area contributed by atoms with Crippen molar-refractivity contribution in [2.75, 3.05) is 20.7 Å². The van der Waals surface area contributed by atoms with Gasteiger partial charge in [-0.3, -0.25) is 14.9 Å². The Morgan fingerprint density at radius 1 is 1.44 bits per heavy atom. The van der Waals surface area contributed by atoms with Crippen LogP contribution >= 0.6 is 0 Å². The first kappa shape index (κ1) is 13.9. The SMILES string of the molecule is CNCc1ccc([N+](=O)[O-])c(OCC(=O)NC)c1. The molecule has 2 N–H and O–H groups in total. The van der Waals surface area contributed by atoms with Crippen LogP contribution in [0.1, 0.15) is 5.56 Å². The standard InChI is InChI=1S/C11H15N3O4/c1-12-6-8-3-4-9(14(16)17)10(5-8)18-7-11(15)13-2/h3-5,12H,6-7H2,1-2H3,(H,13,15). The van der Waals surface area contributed by atoms with Crippen LogP contribution in [0.3, 0.4) is 0 Å². The minimum Gasteiger partial charge on any atom is -0.477 e. The summed E-state index contributed by atoms with van der Waals surface area (Å²) in [6, 6.07) is 4.56. The Labute approximate surface area is 104 Å². The third-order valence-corrected chi connectivity index (χ3v) is 2.24. The van der Waals surface area contributed by atoms with Crippen molar-refractivity contribution in [1.29, 1.82) is 0 Å². The Morgan fingerprint density at radius 2 is 2.17 bits per heavy atom. The number of amides is 1. The van der Waals surface area contributed by atoms with Gasteiger partial charge in [0, 0.05) is 19.7 Å². The molecule has 7 nitrogen and oxygen atoms in total. The second kappa shape index (κ2) is 6.55. The van der Waals surface area contributed by atoms with Gasteiger partial charge in [0.15, 0.2) is 12.4 Å². The van der Waals surface area contributed by atoms with Crippen molar-refractivity contribution < 1.29 is 14.5 Å². The van der Waals surface area contributed by atoms with E-state index in [2.05, 4.69) is 10.6 Å². The van der Waals surface area contributed by atoms with Crippen LogP contribution in [0.25, 0.3) is 0 Å². The lowest BCUT2D eigenvalue weighted by atomic mass is 10.2. The molecular formula is C11H15N3O4. The molecule has 98 valence electrons. The molecule has 1 amide bonds. The molecule has 1 aromatic rings. The molecule has 0 aromatic heterocycles. The van der Waals surface area contributed by atoms with E-state index in [0.29, 0.717) is 6.54 Å². The van der Waals surface area contributed by atoms with Gasteiger partial charge in [0.05, 0.1) is 4.92 Å². The zero-order chi connectivity index (χ0) is 13.5. The molecule has 0 bridgehead atoms. The van der Waals surface area contributed by atoms with Crippen molar-refractivity contribution in [1.82, 2.24) is 10.6 Å². The average molecular weight is 253 g/mol. The largest absolute Gasteiger partial charge is 0.477 e. The maximum atomic E-state index is 11.1. The van der Waals surface area contributed by atoms with E-state index in [1.165, 1.54) is 13.1 Å². The Bertz CT molecular complexity index is 448. The molecule has 1 rings (SSSR count). The topological polar surface area (TPSA) is 93.5 Å². The van der Waals surface area contributed by atoms with Crippen molar-refractivity contribution in [3.8, 4) is 5.75 Å². The molecule has 7 heteroatoms. The number of carbonyl (C=O) groups is 1. The first-order valence-electron chi connectivity index (χ1n) is 5.33. The first-order chi connectivity index (χ1) is 8.58. The van der Waals surface area contributed by atoms with Gasteiger partial charge in [0.25, 0.3) is 5.91 Å². The number of benzene rings is 1. The molecule has 0 heterocycles. The van der Waals surface area contributed by atoms with E-state index in [1.807, 2.05) is 0 Å². The van der Waals surface area contributed by atoms with Crippen molar-refractivity contribution in [2.45, 2.75) is 6.54 Å². The summed E-state index contributed by atoms with van der Waals surface area (Å²) in [4.78, 5) is 21.3. The summed E-state index contributed by atoms with van der Waals surface area (Å²) in [6.45, 7) is 0.314. The normalized spacial score (nSPS) is 9.89. The highest BCUT2D eigenvalue weighted by molar-refractivity contribution is 5.77. The van der Waals surface area contributed by atoms with E-state index in [0.717, 1.165) is 5.56 Å². The van der Waals surface area contributed by atoms with Gasteiger partial charge in [-0.15, -0.1) is 0 Å². The molecular weight excluding hydrogens is 238 g/mol. The second-order valence-corrected chi connectivity index (χ2v) is 3.55. The van der Waals surface area contributed by atoms with E-state index in [9.17, 15) is 14.9 Å². The van der Waals surface area contributed by atoms with Gasteiger partial charge in [0.1, 0.15) is 0 Å². The van der Waals surface area contributed by atoms with Crippen LogP contribution in [-0.4, -0.2) is 31.5 Å². The highest BCUT2D eigenvalue weighted by Crippen LogP contribution is 2.27. The lowest BCUT2D eigenvalue weighted by Gasteiger charge is -2.08. The van der Waals surface area contributed by atoms with E-state index in [1.54, 1.807) is 19.2 Å². The minimum absolute atomic E-state index is 0.0938. The predicted octanol–water partition coefficient (Wildman–Crippen LogP) is 0.439. The van der Waals surface area contributed by atoms with Crippen LogP contribution in [0.4, 0.5) is 5.69 Å². The van der Waals surface area contributed by atoms with Crippen molar-refractivity contribution in [2.24, 2.45) is 0 Å². The van der Waals surface area contributed by atoms with Crippen molar-refractivity contribution >= 4 is 11.6 Å². The summed E-state index contributed by atoms with van der Waals surface area (Å²) in [5.41, 5.74) is 0.689. The van der Waals surface area contributed by atoms with Crippen LogP contribution in [0.5, 0.6) is 5.75 Å². The number of carbonyl (C=O) groups excluding carboxylic acids is 1. The average Bonchev–Trinajstić information content (AvgIpc) is 2.36. The van der Waals surface area contributed by atoms with Crippen LogP contribution in [0, 0.1) is 10.1 Å². The summed E-state index contributed by atoms with van der Waals surface area (Å²) in [7, 11) is 3.24. The lowest BCUT2D eigenvalue weighted by molar-refractivity contribution is -0.385. The number of hydrogen-bond donors (Lipinski definition) is 2. The minimum atomic E-state index is -0.539. The van der Waals surface area contributed by atoms with Crippen LogP contribution in [0.15, 0.2) is 18.2 Å². The van der Waals surface area contributed by atoms with Crippen LogP contribution in [0.2, 0.25) is 0 Å². The molecule has 0 unspecified atom stereocenters. The van der Waals surface area contributed by atoms with Gasteiger partial charge < -0.3 is 15.4 Å². The summed E-state index contributed by atoms with van der Waals surface area (Å²) < 4.78 is 5.16. The third-order valence-electron chi connectivity index (χ3n) is 2.24. The quantitative estimate of drug-likeness (QED) is 0.566. The molecule has 0 spiro atoms. The maximum absolute atomic E-state index is 11.1. The molecule has 0 radical (unpaired) electrons. The number of ether oxygens (including phenoxy) is 1. The van der Waals surface area contributed by atoms with E-state index in [4.69, 9.17) is 4.74 Å². The maximum Gasteiger partial charge on any atom is 0.310 e. The number of nitro benzene ring substituents is 1. The lowest BCUT2D eigenvalue weighted by Crippen LogP contribution is -2.25. The summed E-state index contributed by atoms with van der Waals surface area (Å²) >= 11 is 0. The second-order valence-electron chi connectivity index (χ2n) is 3.55. The van der Waals surface area contributed by atoms with Crippen LogP contribution in [-0.2, 0) is 11.3 Å². The van der Waals surface area contributed by atoms with Crippen LogP contribution < -0.4 is 15.4 Å². The van der Waals surface area contributed by atoms with Gasteiger partial charge in [-0.2, -0.15) is 0 Å². The zero-order valence-electron chi connectivity index (χ0n) is 10.2. The Kier molecular flexibility index (Phi) is 5.06. The molecule has 0 fully saturated rings. The molecule has 0 saturated heterocycles. The summed E-state index contributed by atoms with van der Waals surface area (Å²) in [6.07, 6.45) is 0. The highest BCUT2D eigenvalue weighted by Gasteiger charge is 2.16. The third kappa shape index (κ3) is 3.70. The zero-order valence-corrected chi connectivity index (χ0v) is 10.2. The molecule has 0 atom stereocenters. The molecule has 0 aliphatic carbocycles. The fourth-order valence-corrected chi connectivity index (χ4v) is 1.35. The Hall–Kier alpha value is -2.15. The van der Waals surface area contributed by atoms with Gasteiger partial charge in [-0.1, -0.05) is 6.07 Å². The predicted molar refractivity (Wildman–Crippen MR) is 65.4 cm³/mol. The fourth-order valence-electron chi connectivity index (χ4n) is 1.35. The summed E-state index contributed by atoms with van der Waals surface area (Å²) in [5, 5.41) is 16.1. The van der Waals surface area contributed by atoms with E-state index < -0.39 is 4.92 Å². The Balaban J connectivity index is 2.92. The highest BCUT2D eigenvalue weighted by atomic mass is 16.6. The van der Waals surface area contributed by atoms with Gasteiger partial charge in [-0.25, -0.2) is 0 Å². The monoisotopic (exact) mass is 253 g/mol. The van der Waals surface area contributed by atoms with E-state index in [-0.39, 0.29) is 24.0 Å². The molecule has 0 aliphatic rings. The number of rotatable bonds is 6. The number of likely N-dealkylation sites (N-methyl/N-ethyl adjacent to an activating group) is 1. The molecule has 0 saturated carbocycles.